The van der Waals surface area contributed by atoms with E-state index in [-0.39, 0.29) is 19.0 Å². The number of ether oxygens (including phenoxy) is 3. The molecule has 1 atom stereocenters. The van der Waals surface area contributed by atoms with Crippen LogP contribution in [0.2, 0.25) is 0 Å². The van der Waals surface area contributed by atoms with E-state index in [1.54, 1.807) is 6.92 Å². The molecule has 0 spiro atoms. The molecule has 0 aromatic carbocycles. The molecular formula is C9H16O5. The van der Waals surface area contributed by atoms with Crippen LogP contribution in [0.4, 0.5) is 0 Å². The van der Waals surface area contributed by atoms with Crippen LogP contribution in [0.1, 0.15) is 26.7 Å². The third-order valence-electron chi connectivity index (χ3n) is 1.39. The number of rotatable bonds is 8. The lowest BCUT2D eigenvalue weighted by Gasteiger charge is -2.14. The van der Waals surface area contributed by atoms with Crippen molar-refractivity contribution in [1.29, 1.82) is 0 Å². The second-order valence-electron chi connectivity index (χ2n) is 2.55. The summed E-state index contributed by atoms with van der Waals surface area (Å²) in [5.74, 6) is -0.313. The molecule has 0 fully saturated rings. The van der Waals surface area contributed by atoms with E-state index in [1.807, 2.05) is 6.92 Å². The fourth-order valence-electron chi connectivity index (χ4n) is 0.812. The van der Waals surface area contributed by atoms with E-state index in [0.29, 0.717) is 13.0 Å². The minimum Gasteiger partial charge on any atom is -0.459 e. The third kappa shape index (κ3) is 6.42. The zero-order chi connectivity index (χ0) is 10.8. The minimum absolute atomic E-state index is 0.0502. The Morgan fingerprint density at radius 1 is 1.43 bits per heavy atom. The SMILES string of the molecule is CCCC(=O)OCC(OC=O)OCC. The Morgan fingerprint density at radius 3 is 2.64 bits per heavy atom. The topological polar surface area (TPSA) is 61.8 Å². The Balaban J connectivity index is 3.68. The summed E-state index contributed by atoms with van der Waals surface area (Å²) < 4.78 is 14.3. The molecular weight excluding hydrogens is 188 g/mol. The predicted molar refractivity (Wildman–Crippen MR) is 48.4 cm³/mol. The largest absolute Gasteiger partial charge is 0.459 e. The Morgan fingerprint density at radius 2 is 2.14 bits per heavy atom. The van der Waals surface area contributed by atoms with Gasteiger partial charge in [-0.1, -0.05) is 6.92 Å². The maximum atomic E-state index is 10.9. The maximum Gasteiger partial charge on any atom is 0.305 e. The molecule has 0 aliphatic rings. The Bertz CT molecular complexity index is 169. The summed E-state index contributed by atoms with van der Waals surface area (Å²) in [5.41, 5.74) is 0. The molecule has 82 valence electrons. The van der Waals surface area contributed by atoms with E-state index in [0.717, 1.165) is 6.42 Å². The first-order chi connectivity index (χ1) is 6.74. The van der Waals surface area contributed by atoms with Crippen LogP contribution in [0.25, 0.3) is 0 Å². The van der Waals surface area contributed by atoms with Crippen molar-refractivity contribution >= 4 is 12.4 Å². The highest BCUT2D eigenvalue weighted by Crippen LogP contribution is 1.97. The van der Waals surface area contributed by atoms with E-state index in [9.17, 15) is 9.59 Å². The summed E-state index contributed by atoms with van der Waals surface area (Å²) in [5, 5.41) is 0. The molecule has 0 N–H and O–H groups in total. The van der Waals surface area contributed by atoms with E-state index >= 15 is 0 Å². The second-order valence-corrected chi connectivity index (χ2v) is 2.55. The van der Waals surface area contributed by atoms with E-state index < -0.39 is 6.29 Å². The lowest BCUT2D eigenvalue weighted by Crippen LogP contribution is -2.24. The average molecular weight is 204 g/mol. The molecule has 0 aliphatic heterocycles. The van der Waals surface area contributed by atoms with Gasteiger partial charge in [-0.3, -0.25) is 9.59 Å². The van der Waals surface area contributed by atoms with Crippen molar-refractivity contribution in [2.24, 2.45) is 0 Å². The van der Waals surface area contributed by atoms with Gasteiger partial charge in [-0.05, 0) is 13.3 Å². The first kappa shape index (κ1) is 12.9. The molecule has 0 aromatic rings. The highest BCUT2D eigenvalue weighted by Gasteiger charge is 2.11. The summed E-state index contributed by atoms with van der Waals surface area (Å²) in [6.07, 6.45) is 0.297. The molecule has 0 radical (unpaired) electrons. The monoisotopic (exact) mass is 204 g/mol. The van der Waals surface area contributed by atoms with Gasteiger partial charge in [0.1, 0.15) is 0 Å². The molecule has 0 bridgehead atoms. The van der Waals surface area contributed by atoms with Crippen molar-refractivity contribution < 1.29 is 23.8 Å². The van der Waals surface area contributed by atoms with Crippen LogP contribution < -0.4 is 0 Å². The molecule has 0 heterocycles. The minimum atomic E-state index is -0.793. The van der Waals surface area contributed by atoms with Crippen LogP contribution in [-0.2, 0) is 23.8 Å². The molecule has 0 aliphatic carbocycles. The quantitative estimate of drug-likeness (QED) is 0.333. The Kier molecular flexibility index (Phi) is 7.83. The summed E-state index contributed by atoms with van der Waals surface area (Å²) in [4.78, 5) is 21.0. The van der Waals surface area contributed by atoms with Crippen LogP contribution in [-0.4, -0.2) is 31.9 Å². The zero-order valence-electron chi connectivity index (χ0n) is 8.52. The smallest absolute Gasteiger partial charge is 0.305 e. The van der Waals surface area contributed by atoms with Crippen molar-refractivity contribution in [3.63, 3.8) is 0 Å². The van der Waals surface area contributed by atoms with Crippen LogP contribution in [0.3, 0.4) is 0 Å². The first-order valence-corrected chi connectivity index (χ1v) is 4.60. The molecule has 0 aromatic heterocycles. The van der Waals surface area contributed by atoms with Gasteiger partial charge in [-0.15, -0.1) is 0 Å². The van der Waals surface area contributed by atoms with Crippen molar-refractivity contribution in [3.8, 4) is 0 Å². The van der Waals surface area contributed by atoms with Crippen LogP contribution in [0.15, 0.2) is 0 Å². The molecule has 5 heteroatoms. The summed E-state index contributed by atoms with van der Waals surface area (Å²) >= 11 is 0. The average Bonchev–Trinajstić information content (AvgIpc) is 2.15. The highest BCUT2D eigenvalue weighted by molar-refractivity contribution is 5.69. The van der Waals surface area contributed by atoms with Gasteiger partial charge in [0.25, 0.3) is 6.47 Å². The first-order valence-electron chi connectivity index (χ1n) is 4.60. The van der Waals surface area contributed by atoms with E-state index in [4.69, 9.17) is 9.47 Å². The van der Waals surface area contributed by atoms with Crippen LogP contribution >= 0.6 is 0 Å². The molecule has 0 saturated carbocycles. The van der Waals surface area contributed by atoms with Crippen molar-refractivity contribution in [3.05, 3.63) is 0 Å². The molecule has 5 nitrogen and oxygen atoms in total. The molecule has 1 unspecified atom stereocenters. The van der Waals surface area contributed by atoms with E-state index in [2.05, 4.69) is 4.74 Å². The normalized spacial score (nSPS) is 11.9. The number of hydrogen-bond donors (Lipinski definition) is 0. The predicted octanol–water partition coefficient (Wildman–Crippen LogP) is 0.865. The van der Waals surface area contributed by atoms with E-state index in [1.165, 1.54) is 0 Å². The van der Waals surface area contributed by atoms with Crippen molar-refractivity contribution in [2.75, 3.05) is 13.2 Å². The lowest BCUT2D eigenvalue weighted by atomic mass is 10.3. The molecule has 0 saturated heterocycles. The summed E-state index contributed by atoms with van der Waals surface area (Å²) in [6.45, 7) is 4.25. The van der Waals surface area contributed by atoms with Crippen LogP contribution in [0, 0.1) is 0 Å². The zero-order valence-corrected chi connectivity index (χ0v) is 8.52. The summed E-state index contributed by atoms with van der Waals surface area (Å²) in [7, 11) is 0. The number of hydrogen-bond acceptors (Lipinski definition) is 5. The van der Waals surface area contributed by atoms with Gasteiger partial charge < -0.3 is 14.2 Å². The highest BCUT2D eigenvalue weighted by atomic mass is 16.7. The molecule has 0 amide bonds. The third-order valence-corrected chi connectivity index (χ3v) is 1.39. The molecule has 14 heavy (non-hydrogen) atoms. The lowest BCUT2D eigenvalue weighted by molar-refractivity contribution is -0.182. The maximum absolute atomic E-state index is 10.9. The van der Waals surface area contributed by atoms with Gasteiger partial charge in [-0.2, -0.15) is 0 Å². The second kappa shape index (κ2) is 8.50. The van der Waals surface area contributed by atoms with Gasteiger partial charge in [0.05, 0.1) is 0 Å². The summed E-state index contributed by atoms with van der Waals surface area (Å²) in [6, 6.07) is 0. The Labute approximate surface area is 83.3 Å². The van der Waals surface area contributed by atoms with Gasteiger partial charge in [0, 0.05) is 13.0 Å². The van der Waals surface area contributed by atoms with Crippen molar-refractivity contribution in [2.45, 2.75) is 33.0 Å². The number of carbonyl (C=O) groups is 2. The van der Waals surface area contributed by atoms with Crippen LogP contribution in [0.5, 0.6) is 0 Å². The Hall–Kier alpha value is -1.10. The van der Waals surface area contributed by atoms with Gasteiger partial charge in [0.2, 0.25) is 6.29 Å². The fourth-order valence-corrected chi connectivity index (χ4v) is 0.812. The van der Waals surface area contributed by atoms with Gasteiger partial charge in [0.15, 0.2) is 6.61 Å². The fraction of sp³-hybridized carbons (Fsp3) is 0.778. The standard InChI is InChI=1S/C9H16O5/c1-3-5-8(11)13-6-9(12-4-2)14-7-10/h7,9H,3-6H2,1-2H3. The number of carbonyl (C=O) groups excluding carboxylic acids is 2. The molecule has 0 rings (SSSR count). The number of esters is 1. The van der Waals surface area contributed by atoms with Gasteiger partial charge >= 0.3 is 5.97 Å². The van der Waals surface area contributed by atoms with Crippen molar-refractivity contribution in [1.82, 2.24) is 0 Å². The van der Waals surface area contributed by atoms with Gasteiger partial charge in [-0.25, -0.2) is 0 Å².